The van der Waals surface area contributed by atoms with Crippen molar-refractivity contribution in [2.24, 2.45) is 17.3 Å². The third-order valence-corrected chi connectivity index (χ3v) is 8.34. The Balaban J connectivity index is 0.000000292. The van der Waals surface area contributed by atoms with E-state index in [1.54, 1.807) is 0 Å². The fourth-order valence-electron chi connectivity index (χ4n) is 5.14. The van der Waals surface area contributed by atoms with Crippen molar-refractivity contribution in [3.63, 3.8) is 0 Å². The van der Waals surface area contributed by atoms with Crippen LogP contribution in [0.5, 0.6) is 0 Å². The summed E-state index contributed by atoms with van der Waals surface area (Å²) in [6.07, 6.45) is 10.0. The van der Waals surface area contributed by atoms with E-state index in [1.165, 1.54) is 34.6 Å². The Kier molecular flexibility index (Phi) is 9.64. The molecule has 0 aliphatic heterocycles. The molecule has 0 spiro atoms. The Labute approximate surface area is 204 Å². The van der Waals surface area contributed by atoms with Gasteiger partial charge in [0.05, 0.1) is 0 Å². The Morgan fingerprint density at radius 3 is 2.39 bits per heavy atom. The van der Waals surface area contributed by atoms with Crippen molar-refractivity contribution < 1.29 is 9.90 Å². The lowest BCUT2D eigenvalue weighted by Crippen LogP contribution is -2.58. The van der Waals surface area contributed by atoms with Crippen molar-refractivity contribution in [2.75, 3.05) is 0 Å². The van der Waals surface area contributed by atoms with E-state index in [0.29, 0.717) is 11.5 Å². The number of allylic oxidation sites excluding steroid dienone is 2. The zero-order valence-corrected chi connectivity index (χ0v) is 21.1. The van der Waals surface area contributed by atoms with Crippen LogP contribution in [-0.2, 0) is 11.3 Å². The first kappa shape index (κ1) is 25.6. The molecule has 2 bridgehead atoms. The van der Waals surface area contributed by atoms with Crippen molar-refractivity contribution in [3.8, 4) is 0 Å². The minimum absolute atomic E-state index is 0.282. The number of nitrogens with one attached hydrogen (secondary N) is 1. The van der Waals surface area contributed by atoms with Gasteiger partial charge in [-0.2, -0.15) is 0 Å². The number of rotatable bonds is 9. The SMILES string of the molecule is C/C=C\CCCC(=O)O.CC1(C)C2CCC(NCc3ccc(Sc4ccccc4)cc3)C1C2. The van der Waals surface area contributed by atoms with Crippen LogP contribution in [0.3, 0.4) is 0 Å². The normalized spacial score (nSPS) is 22.8. The second kappa shape index (κ2) is 12.4. The minimum Gasteiger partial charge on any atom is -0.481 e. The number of carboxylic acid groups (broad SMARTS) is 1. The van der Waals surface area contributed by atoms with Crippen LogP contribution in [0.4, 0.5) is 0 Å². The van der Waals surface area contributed by atoms with Crippen LogP contribution >= 0.6 is 11.8 Å². The van der Waals surface area contributed by atoms with Crippen LogP contribution in [-0.4, -0.2) is 17.1 Å². The topological polar surface area (TPSA) is 49.3 Å². The second-order valence-corrected chi connectivity index (χ2v) is 11.0. The highest BCUT2D eigenvalue weighted by atomic mass is 32.2. The third kappa shape index (κ3) is 7.48. The number of benzene rings is 2. The molecule has 0 heterocycles. The Bertz CT molecular complexity index is 890. The predicted molar refractivity (Wildman–Crippen MR) is 139 cm³/mol. The summed E-state index contributed by atoms with van der Waals surface area (Å²) in [5, 5.41) is 12.0. The summed E-state index contributed by atoms with van der Waals surface area (Å²) in [7, 11) is 0. The summed E-state index contributed by atoms with van der Waals surface area (Å²) in [6.45, 7) is 7.86. The lowest BCUT2D eigenvalue weighted by Gasteiger charge is -2.60. The molecular weight excluding hydrogens is 426 g/mol. The highest BCUT2D eigenvalue weighted by molar-refractivity contribution is 7.99. The van der Waals surface area contributed by atoms with Gasteiger partial charge in [-0.3, -0.25) is 4.79 Å². The van der Waals surface area contributed by atoms with Gasteiger partial charge in [-0.05, 0) is 86.1 Å². The molecule has 3 atom stereocenters. The van der Waals surface area contributed by atoms with Crippen LogP contribution in [0.2, 0.25) is 0 Å². The number of carboxylic acids is 1. The molecule has 3 saturated carbocycles. The Morgan fingerprint density at radius 1 is 1.09 bits per heavy atom. The van der Waals surface area contributed by atoms with Crippen molar-refractivity contribution in [2.45, 2.75) is 81.7 Å². The molecular formula is C29H39NO2S. The molecule has 4 heteroatoms. The number of unbranched alkanes of at least 4 members (excludes halogenated alkanes) is 1. The van der Waals surface area contributed by atoms with Gasteiger partial charge in [0, 0.05) is 28.8 Å². The zero-order chi connectivity index (χ0) is 23.7. The Morgan fingerprint density at radius 2 is 1.79 bits per heavy atom. The Hall–Kier alpha value is -2.04. The first-order chi connectivity index (χ1) is 15.9. The molecule has 3 aliphatic carbocycles. The van der Waals surface area contributed by atoms with Gasteiger partial charge in [0.15, 0.2) is 0 Å². The molecule has 178 valence electrons. The number of carbonyl (C=O) groups is 1. The number of hydrogen-bond acceptors (Lipinski definition) is 3. The quantitative estimate of drug-likeness (QED) is 0.296. The highest BCUT2D eigenvalue weighted by Gasteiger charge is 2.53. The van der Waals surface area contributed by atoms with Crippen molar-refractivity contribution in [1.82, 2.24) is 5.32 Å². The van der Waals surface area contributed by atoms with E-state index < -0.39 is 5.97 Å². The minimum atomic E-state index is -0.709. The highest BCUT2D eigenvalue weighted by Crippen LogP contribution is 2.59. The lowest BCUT2D eigenvalue weighted by atomic mass is 9.47. The lowest BCUT2D eigenvalue weighted by molar-refractivity contribution is -0.137. The van der Waals surface area contributed by atoms with Crippen LogP contribution in [0.1, 0.15) is 64.9 Å². The predicted octanol–water partition coefficient (Wildman–Crippen LogP) is 7.57. The summed E-state index contributed by atoms with van der Waals surface area (Å²) in [6, 6.07) is 20.3. The average molecular weight is 466 g/mol. The maximum atomic E-state index is 9.94. The van der Waals surface area contributed by atoms with Gasteiger partial charge in [0.2, 0.25) is 0 Å². The molecule has 3 nitrogen and oxygen atoms in total. The van der Waals surface area contributed by atoms with Gasteiger partial charge >= 0.3 is 5.97 Å². The van der Waals surface area contributed by atoms with Crippen molar-refractivity contribution in [3.05, 3.63) is 72.3 Å². The summed E-state index contributed by atoms with van der Waals surface area (Å²) in [5.74, 6) is 1.15. The van der Waals surface area contributed by atoms with Crippen LogP contribution in [0.15, 0.2) is 76.5 Å². The molecule has 33 heavy (non-hydrogen) atoms. The molecule has 2 aromatic carbocycles. The van der Waals surface area contributed by atoms with Crippen molar-refractivity contribution in [1.29, 1.82) is 0 Å². The van der Waals surface area contributed by atoms with E-state index in [4.69, 9.17) is 5.11 Å². The van der Waals surface area contributed by atoms with E-state index in [1.807, 2.05) is 30.8 Å². The van der Waals surface area contributed by atoms with Crippen LogP contribution in [0.25, 0.3) is 0 Å². The molecule has 2 aromatic rings. The smallest absolute Gasteiger partial charge is 0.303 e. The number of fused-ring (bicyclic) bond motifs is 2. The van der Waals surface area contributed by atoms with E-state index in [0.717, 1.165) is 31.2 Å². The van der Waals surface area contributed by atoms with Crippen LogP contribution in [0, 0.1) is 17.3 Å². The molecule has 0 amide bonds. The summed E-state index contributed by atoms with van der Waals surface area (Å²) in [5.41, 5.74) is 1.96. The first-order valence-corrected chi connectivity index (χ1v) is 13.1. The van der Waals surface area contributed by atoms with E-state index in [2.05, 4.69) is 73.8 Å². The largest absolute Gasteiger partial charge is 0.481 e. The summed E-state index contributed by atoms with van der Waals surface area (Å²) >= 11 is 1.83. The monoisotopic (exact) mass is 465 g/mol. The number of aliphatic carboxylic acids is 1. The molecule has 0 saturated heterocycles. The zero-order valence-electron chi connectivity index (χ0n) is 20.3. The second-order valence-electron chi connectivity index (χ2n) is 9.84. The fourth-order valence-corrected chi connectivity index (χ4v) is 5.98. The fraction of sp³-hybridized carbons (Fsp3) is 0.483. The maximum absolute atomic E-state index is 9.94. The van der Waals surface area contributed by atoms with E-state index in [9.17, 15) is 4.79 Å². The van der Waals surface area contributed by atoms with Gasteiger partial charge in [-0.1, -0.05) is 68.1 Å². The molecule has 3 aliphatic rings. The van der Waals surface area contributed by atoms with E-state index >= 15 is 0 Å². The standard InChI is InChI=1S/C22H27NS.C7H12O2/c1-22(2)17-10-13-21(20(22)14-17)23-15-16-8-11-19(12-9-16)24-18-6-4-3-5-7-18;1-2-3-4-5-6-7(8)9/h3-9,11-12,17,20-21,23H,10,13-15H2,1-2H3;2-3H,4-6H2,1H3,(H,8,9)/b;3-2-. The maximum Gasteiger partial charge on any atom is 0.303 e. The number of hydrogen-bond donors (Lipinski definition) is 2. The molecule has 2 N–H and O–H groups in total. The first-order valence-electron chi connectivity index (χ1n) is 12.3. The van der Waals surface area contributed by atoms with Gasteiger partial charge < -0.3 is 10.4 Å². The summed E-state index contributed by atoms with van der Waals surface area (Å²) < 4.78 is 0. The third-order valence-electron chi connectivity index (χ3n) is 7.33. The van der Waals surface area contributed by atoms with Gasteiger partial charge in [-0.25, -0.2) is 0 Å². The summed E-state index contributed by atoms with van der Waals surface area (Å²) in [4.78, 5) is 12.5. The molecule has 5 rings (SSSR count). The van der Waals surface area contributed by atoms with Crippen molar-refractivity contribution >= 4 is 17.7 Å². The average Bonchev–Trinajstić information content (AvgIpc) is 2.82. The van der Waals surface area contributed by atoms with Gasteiger partial charge in [-0.15, -0.1) is 0 Å². The molecule has 3 fully saturated rings. The van der Waals surface area contributed by atoms with Gasteiger partial charge in [0.25, 0.3) is 0 Å². The molecule has 0 aromatic heterocycles. The van der Waals surface area contributed by atoms with Gasteiger partial charge in [0.1, 0.15) is 0 Å². The van der Waals surface area contributed by atoms with E-state index in [-0.39, 0.29) is 6.42 Å². The molecule has 3 unspecified atom stereocenters. The van der Waals surface area contributed by atoms with Crippen LogP contribution < -0.4 is 5.32 Å². The molecule has 0 radical (unpaired) electrons.